The van der Waals surface area contributed by atoms with Crippen LogP contribution in [0.2, 0.25) is 0 Å². The summed E-state index contributed by atoms with van der Waals surface area (Å²) in [6.07, 6.45) is 3.60. The molecule has 0 saturated carbocycles. The van der Waals surface area contributed by atoms with Gasteiger partial charge in [0.2, 0.25) is 11.8 Å². The third-order valence-electron chi connectivity index (χ3n) is 4.42. The van der Waals surface area contributed by atoms with Gasteiger partial charge in [0.05, 0.1) is 17.5 Å². The van der Waals surface area contributed by atoms with Crippen molar-refractivity contribution in [3.63, 3.8) is 0 Å². The predicted molar refractivity (Wildman–Crippen MR) is 125 cm³/mol. The number of aromatic nitrogens is 2. The number of hydrogen-bond donors (Lipinski definition) is 2. The molecule has 8 heteroatoms. The van der Waals surface area contributed by atoms with Crippen LogP contribution in [0.25, 0.3) is 0 Å². The highest BCUT2D eigenvalue weighted by Gasteiger charge is 2.16. The summed E-state index contributed by atoms with van der Waals surface area (Å²) in [6, 6.07) is 16.7. The third kappa shape index (κ3) is 7.49. The van der Waals surface area contributed by atoms with Crippen molar-refractivity contribution in [3.05, 3.63) is 72.6 Å². The minimum Gasteiger partial charge on any atom is -0.492 e. The van der Waals surface area contributed by atoms with Gasteiger partial charge in [-0.1, -0.05) is 23.8 Å². The second-order valence-electron chi connectivity index (χ2n) is 7.00. The molecule has 0 radical (unpaired) electrons. The van der Waals surface area contributed by atoms with Gasteiger partial charge in [-0.25, -0.2) is 0 Å². The van der Waals surface area contributed by atoms with Crippen LogP contribution in [0.5, 0.6) is 5.75 Å². The second-order valence-corrected chi connectivity index (χ2v) is 8.33. The van der Waals surface area contributed by atoms with Crippen molar-refractivity contribution in [2.75, 3.05) is 23.0 Å². The van der Waals surface area contributed by atoms with Gasteiger partial charge in [-0.05, 0) is 44.2 Å². The Morgan fingerprint density at radius 3 is 2.65 bits per heavy atom. The van der Waals surface area contributed by atoms with Gasteiger partial charge >= 0.3 is 0 Å². The number of anilines is 2. The number of carbonyl (C=O) groups excluding carboxylic acids is 2. The molecular weight excluding hydrogens is 412 g/mol. The molecule has 0 aliphatic heterocycles. The van der Waals surface area contributed by atoms with Crippen molar-refractivity contribution in [2.45, 2.75) is 25.6 Å². The minimum absolute atomic E-state index is 0.138. The van der Waals surface area contributed by atoms with Gasteiger partial charge < -0.3 is 15.4 Å². The van der Waals surface area contributed by atoms with Crippen molar-refractivity contribution in [3.8, 4) is 5.75 Å². The van der Waals surface area contributed by atoms with Crippen LogP contribution >= 0.6 is 11.8 Å². The van der Waals surface area contributed by atoms with Gasteiger partial charge in [-0.3, -0.25) is 14.3 Å². The molecule has 0 aliphatic carbocycles. The largest absolute Gasteiger partial charge is 0.492 e. The summed E-state index contributed by atoms with van der Waals surface area (Å²) in [5.41, 5.74) is 2.53. The first-order valence-corrected chi connectivity index (χ1v) is 11.0. The number of amides is 2. The Balaban J connectivity index is 1.42. The average Bonchev–Trinajstić information content (AvgIpc) is 3.27. The van der Waals surface area contributed by atoms with Crippen molar-refractivity contribution < 1.29 is 14.3 Å². The van der Waals surface area contributed by atoms with E-state index in [9.17, 15) is 9.59 Å². The van der Waals surface area contributed by atoms with Gasteiger partial charge in [-0.2, -0.15) is 5.10 Å². The first kappa shape index (κ1) is 22.4. The normalized spacial score (nSPS) is 11.5. The summed E-state index contributed by atoms with van der Waals surface area (Å²) in [5, 5.41) is 9.46. The fraction of sp³-hybridized carbons (Fsp3) is 0.261. The topological polar surface area (TPSA) is 85.3 Å². The average molecular weight is 439 g/mol. The second kappa shape index (κ2) is 11.2. The molecule has 1 unspecified atom stereocenters. The van der Waals surface area contributed by atoms with Crippen LogP contribution in [0.4, 0.5) is 11.4 Å². The predicted octanol–water partition coefficient (Wildman–Crippen LogP) is 3.97. The van der Waals surface area contributed by atoms with Crippen LogP contribution < -0.4 is 15.4 Å². The molecule has 3 aromatic rings. The quantitative estimate of drug-likeness (QED) is 0.500. The maximum absolute atomic E-state index is 12.5. The van der Waals surface area contributed by atoms with Crippen molar-refractivity contribution >= 4 is 35.0 Å². The molecule has 2 amide bonds. The summed E-state index contributed by atoms with van der Waals surface area (Å²) >= 11 is 1.29. The molecule has 7 nitrogen and oxygen atoms in total. The Kier molecular flexibility index (Phi) is 8.12. The summed E-state index contributed by atoms with van der Waals surface area (Å²) in [4.78, 5) is 24.6. The lowest BCUT2D eigenvalue weighted by molar-refractivity contribution is -0.115. The molecule has 1 atom stereocenters. The fourth-order valence-electron chi connectivity index (χ4n) is 2.71. The minimum atomic E-state index is -0.381. The standard InChI is InChI=1S/C23H26N4O3S/c1-17-7-9-19(10-8-17)25-22(28)16-31-18(2)23(29)26-20-5-3-6-21(15-20)30-14-13-27-12-4-11-24-27/h3-12,15,18H,13-14,16H2,1-2H3,(H,25,28)(H,26,29). The molecule has 0 saturated heterocycles. The van der Waals surface area contributed by atoms with E-state index in [4.69, 9.17) is 4.74 Å². The lowest BCUT2D eigenvalue weighted by Gasteiger charge is -2.13. The number of rotatable bonds is 10. The van der Waals surface area contributed by atoms with E-state index in [2.05, 4.69) is 15.7 Å². The van der Waals surface area contributed by atoms with E-state index in [1.165, 1.54) is 11.8 Å². The Bertz CT molecular complexity index is 990. The molecule has 0 spiro atoms. The zero-order chi connectivity index (χ0) is 22.1. The third-order valence-corrected chi connectivity index (χ3v) is 5.56. The Hall–Kier alpha value is -3.26. The Morgan fingerprint density at radius 2 is 1.90 bits per heavy atom. The highest BCUT2D eigenvalue weighted by Crippen LogP contribution is 2.20. The maximum atomic E-state index is 12.5. The Labute approximate surface area is 186 Å². The molecule has 3 rings (SSSR count). The molecule has 0 fully saturated rings. The van der Waals surface area contributed by atoms with E-state index in [0.29, 0.717) is 24.6 Å². The molecule has 0 bridgehead atoms. The van der Waals surface area contributed by atoms with Gasteiger partial charge in [0.25, 0.3) is 0 Å². The molecule has 2 N–H and O–H groups in total. The monoisotopic (exact) mass is 438 g/mol. The Morgan fingerprint density at radius 1 is 1.10 bits per heavy atom. The van der Waals surface area contributed by atoms with Crippen LogP contribution in [0.15, 0.2) is 67.0 Å². The van der Waals surface area contributed by atoms with Crippen LogP contribution in [0.1, 0.15) is 12.5 Å². The maximum Gasteiger partial charge on any atom is 0.237 e. The molecule has 162 valence electrons. The number of benzene rings is 2. The summed E-state index contributed by atoms with van der Waals surface area (Å²) < 4.78 is 7.53. The molecule has 1 heterocycles. The number of nitrogens with one attached hydrogen (secondary N) is 2. The van der Waals surface area contributed by atoms with E-state index in [0.717, 1.165) is 11.3 Å². The van der Waals surface area contributed by atoms with Gasteiger partial charge in [0, 0.05) is 29.8 Å². The van der Waals surface area contributed by atoms with E-state index >= 15 is 0 Å². The first-order valence-electron chi connectivity index (χ1n) is 9.99. The van der Waals surface area contributed by atoms with Crippen molar-refractivity contribution in [1.82, 2.24) is 9.78 Å². The molecule has 0 aliphatic rings. The number of nitrogens with zero attached hydrogens (tertiary/aromatic N) is 2. The van der Waals surface area contributed by atoms with Crippen LogP contribution in [0.3, 0.4) is 0 Å². The summed E-state index contributed by atoms with van der Waals surface area (Å²) in [5.74, 6) is 0.560. The van der Waals surface area contributed by atoms with Crippen LogP contribution in [-0.4, -0.2) is 39.2 Å². The molecule has 2 aromatic carbocycles. The molecule has 31 heavy (non-hydrogen) atoms. The lowest BCUT2D eigenvalue weighted by atomic mass is 10.2. The smallest absolute Gasteiger partial charge is 0.237 e. The van der Waals surface area contributed by atoms with E-state index in [1.54, 1.807) is 29.9 Å². The lowest BCUT2D eigenvalue weighted by Crippen LogP contribution is -2.25. The summed E-state index contributed by atoms with van der Waals surface area (Å²) in [7, 11) is 0. The first-order chi connectivity index (χ1) is 15.0. The summed E-state index contributed by atoms with van der Waals surface area (Å²) in [6.45, 7) is 4.89. The van der Waals surface area contributed by atoms with Gasteiger partial charge in [-0.15, -0.1) is 11.8 Å². The zero-order valence-electron chi connectivity index (χ0n) is 17.6. The SMILES string of the molecule is Cc1ccc(NC(=O)CSC(C)C(=O)Nc2cccc(OCCn3cccn3)c2)cc1. The van der Waals surface area contributed by atoms with E-state index in [-0.39, 0.29) is 22.8 Å². The van der Waals surface area contributed by atoms with E-state index in [1.807, 2.05) is 55.6 Å². The number of carbonyl (C=O) groups is 2. The number of thioether (sulfide) groups is 1. The van der Waals surface area contributed by atoms with Gasteiger partial charge in [0.1, 0.15) is 12.4 Å². The fourth-order valence-corrected chi connectivity index (χ4v) is 3.39. The number of ether oxygens (including phenoxy) is 1. The van der Waals surface area contributed by atoms with E-state index < -0.39 is 0 Å². The molecule has 1 aromatic heterocycles. The highest BCUT2D eigenvalue weighted by molar-refractivity contribution is 8.01. The zero-order valence-corrected chi connectivity index (χ0v) is 18.4. The number of aryl methyl sites for hydroxylation is 1. The number of hydrogen-bond acceptors (Lipinski definition) is 5. The van der Waals surface area contributed by atoms with Crippen LogP contribution in [-0.2, 0) is 16.1 Å². The van der Waals surface area contributed by atoms with Crippen molar-refractivity contribution in [2.24, 2.45) is 0 Å². The molecular formula is C23H26N4O3S. The van der Waals surface area contributed by atoms with Gasteiger partial charge in [0.15, 0.2) is 0 Å². The highest BCUT2D eigenvalue weighted by atomic mass is 32.2. The van der Waals surface area contributed by atoms with Crippen LogP contribution in [0, 0.1) is 6.92 Å². The van der Waals surface area contributed by atoms with Crippen molar-refractivity contribution in [1.29, 1.82) is 0 Å².